The van der Waals surface area contributed by atoms with Gasteiger partial charge >= 0.3 is 5.97 Å². The van der Waals surface area contributed by atoms with E-state index in [0.717, 1.165) is 19.4 Å². The molecule has 2 fully saturated rings. The molecule has 1 unspecified atom stereocenters. The third-order valence-corrected chi connectivity index (χ3v) is 2.65. The van der Waals surface area contributed by atoms with Crippen molar-refractivity contribution in [3.05, 3.63) is 0 Å². The van der Waals surface area contributed by atoms with E-state index in [-0.39, 0.29) is 18.0 Å². The molecule has 1 saturated carbocycles. The van der Waals surface area contributed by atoms with Crippen molar-refractivity contribution < 1.29 is 14.3 Å². The minimum absolute atomic E-state index is 0.0607. The zero-order chi connectivity index (χ0) is 8.55. The molecule has 0 aromatic heterocycles. The SMILES string of the molecule is CCOC(=O)C1[C@H]2OCCC[C@@H]12. The van der Waals surface area contributed by atoms with Crippen molar-refractivity contribution in [3.63, 3.8) is 0 Å². The maximum Gasteiger partial charge on any atom is 0.311 e. The van der Waals surface area contributed by atoms with Crippen LogP contribution in [0, 0.1) is 11.8 Å². The van der Waals surface area contributed by atoms with Crippen molar-refractivity contribution >= 4 is 5.97 Å². The normalized spacial score (nSPS) is 38.6. The van der Waals surface area contributed by atoms with Crippen molar-refractivity contribution in [2.24, 2.45) is 11.8 Å². The van der Waals surface area contributed by atoms with Crippen LogP contribution in [0.2, 0.25) is 0 Å². The van der Waals surface area contributed by atoms with Gasteiger partial charge in [-0.1, -0.05) is 0 Å². The Kier molecular flexibility index (Phi) is 2.05. The van der Waals surface area contributed by atoms with Crippen molar-refractivity contribution in [3.8, 4) is 0 Å². The van der Waals surface area contributed by atoms with Gasteiger partial charge in [0.1, 0.15) is 0 Å². The highest BCUT2D eigenvalue weighted by atomic mass is 16.5. The van der Waals surface area contributed by atoms with Gasteiger partial charge in [-0.25, -0.2) is 0 Å². The van der Waals surface area contributed by atoms with Crippen molar-refractivity contribution in [2.75, 3.05) is 13.2 Å². The predicted octanol–water partition coefficient (Wildman–Crippen LogP) is 0.974. The topological polar surface area (TPSA) is 35.5 Å². The highest BCUT2D eigenvalue weighted by Crippen LogP contribution is 2.48. The minimum atomic E-state index is -0.0607. The molecule has 1 saturated heterocycles. The average Bonchev–Trinajstić information content (AvgIpc) is 2.78. The van der Waals surface area contributed by atoms with Gasteiger partial charge < -0.3 is 9.47 Å². The van der Waals surface area contributed by atoms with Gasteiger partial charge in [-0.05, 0) is 19.8 Å². The quantitative estimate of drug-likeness (QED) is 0.579. The van der Waals surface area contributed by atoms with Gasteiger partial charge in [0.25, 0.3) is 0 Å². The molecule has 1 aliphatic carbocycles. The Morgan fingerprint density at radius 3 is 3.08 bits per heavy atom. The molecule has 3 atom stereocenters. The van der Waals surface area contributed by atoms with E-state index in [0.29, 0.717) is 12.5 Å². The van der Waals surface area contributed by atoms with Gasteiger partial charge in [0.2, 0.25) is 0 Å². The number of rotatable bonds is 2. The lowest BCUT2D eigenvalue weighted by Crippen LogP contribution is -2.10. The Bertz CT molecular complexity index is 178. The summed E-state index contributed by atoms with van der Waals surface area (Å²) in [4.78, 5) is 11.3. The maximum atomic E-state index is 11.3. The maximum absolute atomic E-state index is 11.3. The van der Waals surface area contributed by atoms with E-state index in [9.17, 15) is 4.79 Å². The third kappa shape index (κ3) is 1.22. The van der Waals surface area contributed by atoms with Gasteiger partial charge in [0.15, 0.2) is 0 Å². The minimum Gasteiger partial charge on any atom is -0.466 e. The second-order valence-electron chi connectivity index (χ2n) is 3.42. The molecule has 1 aliphatic heterocycles. The fourth-order valence-corrected chi connectivity index (χ4v) is 2.00. The van der Waals surface area contributed by atoms with E-state index in [1.807, 2.05) is 6.92 Å². The third-order valence-electron chi connectivity index (χ3n) is 2.65. The standard InChI is InChI=1S/C9H14O3/c1-2-11-9(10)7-6-4-3-5-12-8(6)7/h6-8H,2-5H2,1H3/t6-,7?,8-/m0/s1. The van der Waals surface area contributed by atoms with E-state index in [1.165, 1.54) is 0 Å². The van der Waals surface area contributed by atoms with Crippen LogP contribution in [0.25, 0.3) is 0 Å². The number of ether oxygens (including phenoxy) is 2. The molecule has 0 radical (unpaired) electrons. The van der Waals surface area contributed by atoms with Gasteiger partial charge in [-0.2, -0.15) is 0 Å². The summed E-state index contributed by atoms with van der Waals surface area (Å²) in [5, 5.41) is 0. The number of fused-ring (bicyclic) bond motifs is 1. The Morgan fingerprint density at radius 2 is 2.50 bits per heavy atom. The van der Waals surface area contributed by atoms with Gasteiger partial charge in [0, 0.05) is 12.5 Å². The molecular formula is C9H14O3. The summed E-state index contributed by atoms with van der Waals surface area (Å²) in [5.74, 6) is 0.472. The zero-order valence-electron chi connectivity index (χ0n) is 7.29. The molecule has 0 aromatic carbocycles. The summed E-state index contributed by atoms with van der Waals surface area (Å²) in [7, 11) is 0. The summed E-state index contributed by atoms with van der Waals surface area (Å²) in [6, 6.07) is 0. The van der Waals surface area contributed by atoms with E-state index < -0.39 is 0 Å². The first-order chi connectivity index (χ1) is 5.84. The molecule has 12 heavy (non-hydrogen) atoms. The van der Waals surface area contributed by atoms with Crippen LogP contribution in [0.5, 0.6) is 0 Å². The van der Waals surface area contributed by atoms with Crippen LogP contribution in [0.1, 0.15) is 19.8 Å². The molecule has 1 heterocycles. The number of carbonyl (C=O) groups excluding carboxylic acids is 1. The lowest BCUT2D eigenvalue weighted by Gasteiger charge is -2.07. The van der Waals surface area contributed by atoms with Gasteiger partial charge in [0.05, 0.1) is 18.6 Å². The lowest BCUT2D eigenvalue weighted by molar-refractivity contribution is -0.145. The first kappa shape index (κ1) is 8.05. The summed E-state index contributed by atoms with van der Waals surface area (Å²) < 4.78 is 10.4. The zero-order valence-corrected chi connectivity index (χ0v) is 7.29. The lowest BCUT2D eigenvalue weighted by atomic mass is 10.2. The van der Waals surface area contributed by atoms with Crippen molar-refractivity contribution in [1.82, 2.24) is 0 Å². The molecule has 3 heteroatoms. The Labute approximate surface area is 72.0 Å². The fourth-order valence-electron chi connectivity index (χ4n) is 2.00. The summed E-state index contributed by atoms with van der Waals surface area (Å²) in [6.07, 6.45) is 2.42. The fraction of sp³-hybridized carbons (Fsp3) is 0.889. The molecule has 0 aromatic rings. The van der Waals surface area contributed by atoms with E-state index in [4.69, 9.17) is 9.47 Å². The molecule has 0 spiro atoms. The molecule has 0 amide bonds. The van der Waals surface area contributed by atoms with Crippen molar-refractivity contribution in [2.45, 2.75) is 25.9 Å². The molecule has 68 valence electrons. The van der Waals surface area contributed by atoms with Crippen LogP contribution in [-0.4, -0.2) is 25.3 Å². The highest BCUT2D eigenvalue weighted by molar-refractivity contribution is 5.77. The number of hydrogen-bond acceptors (Lipinski definition) is 3. The van der Waals surface area contributed by atoms with E-state index >= 15 is 0 Å². The first-order valence-corrected chi connectivity index (χ1v) is 4.63. The molecule has 2 aliphatic rings. The van der Waals surface area contributed by atoms with Crippen molar-refractivity contribution in [1.29, 1.82) is 0 Å². The molecule has 0 N–H and O–H groups in total. The Hall–Kier alpha value is -0.570. The predicted molar refractivity (Wildman–Crippen MR) is 42.6 cm³/mol. The van der Waals surface area contributed by atoms with Crippen LogP contribution >= 0.6 is 0 Å². The second-order valence-corrected chi connectivity index (χ2v) is 3.42. The monoisotopic (exact) mass is 170 g/mol. The Morgan fingerprint density at radius 1 is 1.67 bits per heavy atom. The molecule has 0 bridgehead atoms. The largest absolute Gasteiger partial charge is 0.466 e. The second kappa shape index (κ2) is 3.05. The van der Waals surface area contributed by atoms with E-state index in [2.05, 4.69) is 0 Å². The van der Waals surface area contributed by atoms with Crippen LogP contribution in [-0.2, 0) is 14.3 Å². The Balaban J connectivity index is 1.87. The summed E-state index contributed by atoms with van der Waals surface area (Å²) in [5.41, 5.74) is 0. The van der Waals surface area contributed by atoms with Gasteiger partial charge in [-0.3, -0.25) is 4.79 Å². The number of carbonyl (C=O) groups is 1. The van der Waals surface area contributed by atoms with Crippen LogP contribution in [0.3, 0.4) is 0 Å². The number of esters is 1. The van der Waals surface area contributed by atoms with Crippen LogP contribution < -0.4 is 0 Å². The van der Waals surface area contributed by atoms with Gasteiger partial charge in [-0.15, -0.1) is 0 Å². The average molecular weight is 170 g/mol. The van der Waals surface area contributed by atoms with Crippen LogP contribution in [0.4, 0.5) is 0 Å². The first-order valence-electron chi connectivity index (χ1n) is 4.63. The smallest absolute Gasteiger partial charge is 0.311 e. The molecule has 2 rings (SSSR count). The van der Waals surface area contributed by atoms with Crippen LogP contribution in [0.15, 0.2) is 0 Å². The molecule has 3 nitrogen and oxygen atoms in total. The molecular weight excluding hydrogens is 156 g/mol. The van der Waals surface area contributed by atoms with E-state index in [1.54, 1.807) is 0 Å². The number of hydrogen-bond donors (Lipinski definition) is 0. The summed E-state index contributed by atoms with van der Waals surface area (Å²) >= 11 is 0. The highest BCUT2D eigenvalue weighted by Gasteiger charge is 2.57. The summed E-state index contributed by atoms with van der Waals surface area (Å²) in [6.45, 7) is 3.14.